The van der Waals surface area contributed by atoms with Crippen molar-refractivity contribution in [2.75, 3.05) is 21.3 Å². The Hall–Kier alpha value is -10.9. The fraction of sp³-hybridized carbons (Fsp3) is 0.233. The number of ketones is 4. The van der Waals surface area contributed by atoms with Crippen molar-refractivity contribution in [3.05, 3.63) is 227 Å². The lowest BCUT2D eigenvalue weighted by Crippen LogP contribution is -2.31. The minimum atomic E-state index is -1.53. The first-order chi connectivity index (χ1) is 44.4. The van der Waals surface area contributed by atoms with E-state index in [0.29, 0.717) is 63.3 Å². The van der Waals surface area contributed by atoms with Crippen LogP contribution in [-0.2, 0) is 43.4 Å². The number of carboxylic acids is 2. The number of rotatable bonds is 21. The Morgan fingerprint density at radius 1 is 0.685 bits per heavy atom. The minimum Gasteiger partial charge on any atom is -0.508 e. The van der Waals surface area contributed by atoms with Crippen molar-refractivity contribution in [2.45, 2.75) is 84.3 Å². The molecule has 0 radical (unpaired) electrons. The molecule has 6 aromatic carbocycles. The van der Waals surface area contributed by atoms with Crippen LogP contribution in [0.5, 0.6) is 23.0 Å². The highest BCUT2D eigenvalue weighted by Gasteiger charge is 2.44. The number of carboxylic acid groups (broad SMARTS) is 2. The number of aryl methyl sites for hydroxylation is 2. The first kappa shape index (κ1) is 68.6. The lowest BCUT2D eigenvalue weighted by atomic mass is 10.00. The molecule has 2 unspecified atom stereocenters. The van der Waals surface area contributed by atoms with Crippen molar-refractivity contribution in [1.82, 2.24) is 4.98 Å². The molecule has 1 aliphatic carbocycles. The van der Waals surface area contributed by atoms with E-state index in [1.54, 1.807) is 123 Å². The number of aromatic hydroxyl groups is 1. The first-order valence-electron chi connectivity index (χ1n) is 29.5. The number of benzene rings is 6. The molecule has 1 aliphatic heterocycles. The number of methoxy groups -OCH3 is 3. The Bertz CT molecular complexity index is 4100. The van der Waals surface area contributed by atoms with Crippen LogP contribution in [0.2, 0.25) is 0 Å². The van der Waals surface area contributed by atoms with E-state index in [0.717, 1.165) is 47.0 Å². The number of phenols is 1. The van der Waals surface area contributed by atoms with E-state index >= 15 is 0 Å². The van der Waals surface area contributed by atoms with Crippen LogP contribution in [0.3, 0.4) is 0 Å². The van der Waals surface area contributed by atoms with Gasteiger partial charge in [-0.15, -0.1) is 0 Å². The van der Waals surface area contributed by atoms with E-state index in [-0.39, 0.29) is 54.1 Å². The van der Waals surface area contributed by atoms with Gasteiger partial charge in [-0.05, 0) is 127 Å². The number of ether oxygens (including phenoxy) is 4. The number of cyclic esters (lactones) is 1. The molecule has 1 fully saturated rings. The zero-order valence-corrected chi connectivity index (χ0v) is 51.5. The quantitative estimate of drug-likeness (QED) is 0.0111. The van der Waals surface area contributed by atoms with Crippen molar-refractivity contribution in [3.8, 4) is 34.1 Å². The van der Waals surface area contributed by atoms with Crippen molar-refractivity contribution in [1.29, 1.82) is 0 Å². The Morgan fingerprint density at radius 3 is 1.92 bits per heavy atom. The van der Waals surface area contributed by atoms with Gasteiger partial charge in [0.1, 0.15) is 45.8 Å². The van der Waals surface area contributed by atoms with Crippen LogP contribution in [0, 0.1) is 12.8 Å². The molecule has 11 rings (SSSR count). The van der Waals surface area contributed by atoms with Crippen molar-refractivity contribution in [2.24, 2.45) is 5.92 Å². The third-order valence-corrected chi connectivity index (χ3v) is 15.0. The second-order valence-electron chi connectivity index (χ2n) is 21.1. The van der Waals surface area contributed by atoms with E-state index in [1.807, 2.05) is 30.5 Å². The number of esters is 1. The van der Waals surface area contributed by atoms with Gasteiger partial charge in [0, 0.05) is 47.5 Å². The fourth-order valence-corrected chi connectivity index (χ4v) is 10.1. The number of hydrogen-bond donors (Lipinski definition) is 5. The summed E-state index contributed by atoms with van der Waals surface area (Å²) in [7, 11) is 4.70. The zero-order chi connectivity index (χ0) is 66.3. The third-order valence-electron chi connectivity index (χ3n) is 15.0. The highest BCUT2D eigenvalue weighted by molar-refractivity contribution is 6.16. The topological polar surface area (TPSA) is 297 Å². The molecule has 1 saturated heterocycles. The van der Waals surface area contributed by atoms with Gasteiger partial charge in [-0.1, -0.05) is 98.6 Å². The lowest BCUT2D eigenvalue weighted by Gasteiger charge is -2.08. The van der Waals surface area contributed by atoms with Crippen molar-refractivity contribution >= 4 is 68.7 Å². The molecule has 19 nitrogen and oxygen atoms in total. The number of allylic oxidation sites excluding steroid dienone is 3. The Morgan fingerprint density at radius 2 is 1.33 bits per heavy atom. The number of hydrogen-bond acceptors (Lipinski definition) is 17. The average molecular weight is 1250 g/mol. The number of Topliss-reactive ketones (excluding diaryl/α,β-unsaturated/α-hetero) is 2. The van der Waals surface area contributed by atoms with Crippen molar-refractivity contribution < 1.29 is 86.9 Å². The molecule has 5 N–H and O–H groups in total. The van der Waals surface area contributed by atoms with Crippen LogP contribution < -0.4 is 14.2 Å². The number of carbonyl (C=O) groups is 7. The predicted octanol–water partition coefficient (Wildman–Crippen LogP) is 13.7. The predicted molar refractivity (Wildman–Crippen MR) is 344 cm³/mol. The smallest absolute Gasteiger partial charge is 0.345 e. The molecule has 2 aliphatic rings. The molecule has 0 spiro atoms. The van der Waals surface area contributed by atoms with Gasteiger partial charge in [-0.25, -0.2) is 4.79 Å². The maximum atomic E-state index is 12.4. The standard InChI is InChI=1S/2C18H14O4.C17H24O3.C14H13NO.C6H6O6/c2*1-21-18-13(7-8-17-14(18)9-10-22-17)16(20)11-15(19)12-5-3-2-4-6-12;1-2-3-4-5-6-7-16(19)10-8-14-9-11-17(20)15(12-14)13-18;1-9-14-8-10-7-11(16-2)3-4-12(10)13(14)5-6-15-9;7-3-1-2(5(8)9)4(12-3)6(10)11/h2-10H,11H2,1H3;2-11,19H,1H3;6-7,9,11-12,18,20H,2-5,8,10,13H2,1H3;3-7H,8H2,1-2H3;2,4H,1H2,(H,8,9)(H,10,11)/b;15-11-;7-6+;;. The van der Waals surface area contributed by atoms with Gasteiger partial charge in [0.25, 0.3) is 0 Å². The van der Waals surface area contributed by atoms with E-state index in [2.05, 4.69) is 41.8 Å². The zero-order valence-electron chi connectivity index (χ0n) is 51.5. The van der Waals surface area contributed by atoms with Gasteiger partial charge in [-0.3, -0.25) is 33.8 Å². The number of furan rings is 2. The Balaban J connectivity index is 0.000000165. The highest BCUT2D eigenvalue weighted by atomic mass is 16.6. The molecule has 3 aromatic heterocycles. The SMILES string of the molecule is CCCCC/C=C/C(=O)CCc1ccc(O)c(CO)c1.COc1c(C(=O)/C=C(\O)c2ccccc2)ccc2occc12.COc1c(C(=O)CC(=O)c2ccccc2)ccc2occc12.COc1ccc2c(c1)Cc1c-2ccnc1C.O=C1CC(C(=O)O)C(C(=O)O)O1. The number of fused-ring (bicyclic) bond motifs is 5. The van der Waals surface area contributed by atoms with Gasteiger partial charge in [0.15, 0.2) is 23.1 Å². The summed E-state index contributed by atoms with van der Waals surface area (Å²) in [6.07, 6.45) is 14.2. The largest absolute Gasteiger partial charge is 0.508 e. The summed E-state index contributed by atoms with van der Waals surface area (Å²) in [6.45, 7) is 4.04. The summed E-state index contributed by atoms with van der Waals surface area (Å²) < 4.78 is 30.8. The van der Waals surface area contributed by atoms with Gasteiger partial charge >= 0.3 is 17.9 Å². The summed E-state index contributed by atoms with van der Waals surface area (Å²) >= 11 is 0. The van der Waals surface area contributed by atoms with E-state index in [9.17, 15) is 43.8 Å². The van der Waals surface area contributed by atoms with Crippen molar-refractivity contribution in [3.63, 3.8) is 0 Å². The number of aliphatic hydroxyl groups excluding tert-OH is 2. The van der Waals surface area contributed by atoms with Gasteiger partial charge in [0.05, 0.1) is 75.2 Å². The minimum absolute atomic E-state index is 0.0834. The Labute approximate surface area is 530 Å². The monoisotopic (exact) mass is 1250 g/mol. The summed E-state index contributed by atoms with van der Waals surface area (Å²) in [5.74, 6) is -3.65. The molecule has 0 saturated carbocycles. The van der Waals surface area contributed by atoms with Gasteiger partial charge in [-0.2, -0.15) is 0 Å². The summed E-state index contributed by atoms with van der Waals surface area (Å²) in [5.41, 5.74) is 11.1. The van der Waals surface area contributed by atoms with Gasteiger partial charge in [0.2, 0.25) is 6.10 Å². The molecule has 0 amide bonds. The molecule has 19 heteroatoms. The highest BCUT2D eigenvalue weighted by Crippen LogP contribution is 2.39. The van der Waals surface area contributed by atoms with Gasteiger partial charge < -0.3 is 53.3 Å². The summed E-state index contributed by atoms with van der Waals surface area (Å²) in [5, 5.41) is 46.9. The number of pyridine rings is 1. The number of nitrogens with zero attached hydrogens (tertiary/aromatic N) is 1. The maximum Gasteiger partial charge on any atom is 0.345 e. The van der Waals surface area contributed by atoms with Crippen LogP contribution in [0.4, 0.5) is 0 Å². The first-order valence-corrected chi connectivity index (χ1v) is 29.5. The normalized spacial score (nSPS) is 13.5. The molecule has 92 heavy (non-hydrogen) atoms. The molecule has 0 bridgehead atoms. The van der Waals surface area contributed by atoms with Crippen LogP contribution >= 0.6 is 0 Å². The second kappa shape index (κ2) is 33.6. The molecule has 9 aromatic rings. The van der Waals surface area contributed by atoms with Crippen LogP contribution in [0.25, 0.3) is 38.8 Å². The summed E-state index contributed by atoms with van der Waals surface area (Å²) in [4.78, 5) is 84.3. The fourth-order valence-electron chi connectivity index (χ4n) is 10.1. The molecule has 476 valence electrons. The molecule has 2 atom stereocenters. The maximum absolute atomic E-state index is 12.4. The number of aliphatic hydroxyl groups is 2. The van der Waals surface area contributed by atoms with E-state index in [4.69, 9.17) is 38.4 Å². The number of aromatic nitrogens is 1. The summed E-state index contributed by atoms with van der Waals surface area (Å²) in [6, 6.07) is 41.3. The molecular formula is C73H71NO18. The van der Waals surface area contributed by atoms with E-state index in [1.165, 1.54) is 61.7 Å². The molecule has 4 heterocycles. The van der Waals surface area contributed by atoms with Crippen LogP contribution in [0.1, 0.15) is 116 Å². The Kier molecular flexibility index (Phi) is 25.0. The number of unbranched alkanes of at least 4 members (excludes halogenated alkanes) is 3. The number of aliphatic carboxylic acids is 2. The third kappa shape index (κ3) is 18.1. The second-order valence-corrected chi connectivity index (χ2v) is 21.1. The average Bonchev–Trinajstić information content (AvgIpc) is 1.62. The lowest BCUT2D eigenvalue weighted by molar-refractivity contribution is -0.161. The van der Waals surface area contributed by atoms with E-state index < -0.39 is 29.9 Å². The molecular weight excluding hydrogens is 1180 g/mol. The van der Waals surface area contributed by atoms with Crippen LogP contribution in [-0.4, -0.2) is 99.0 Å². The number of carbonyl (C=O) groups excluding carboxylic acids is 5. The van der Waals surface area contributed by atoms with Crippen LogP contribution in [0.15, 0.2) is 185 Å².